The van der Waals surface area contributed by atoms with E-state index in [1.165, 1.54) is 30.3 Å². The van der Waals surface area contributed by atoms with Gasteiger partial charge in [0.05, 0.1) is 17.7 Å². The molecule has 2 aliphatic heterocycles. The number of esters is 7. The summed E-state index contributed by atoms with van der Waals surface area (Å²) < 4.78 is 69.8. The number of rotatable bonds is 20. The zero-order valence-corrected chi connectivity index (χ0v) is 39.8. The number of alkyl carbamates (subject to hydrolysis) is 1. The van der Waals surface area contributed by atoms with Gasteiger partial charge in [0, 0.05) is 34.6 Å². The van der Waals surface area contributed by atoms with Crippen LogP contribution in [-0.2, 0) is 85.6 Å². The maximum atomic E-state index is 14.1. The molecule has 11 atom stereocenters. The summed E-state index contributed by atoms with van der Waals surface area (Å²) in [5.41, 5.74) is -0.952. The summed E-state index contributed by atoms with van der Waals surface area (Å²) >= 11 is 0. The van der Waals surface area contributed by atoms with Crippen LogP contribution in [0.25, 0.3) is 0 Å². The van der Waals surface area contributed by atoms with Crippen molar-refractivity contribution >= 4 is 53.8 Å². The maximum Gasteiger partial charge on any atom is 0.408 e. The van der Waals surface area contributed by atoms with Crippen LogP contribution in [0.5, 0.6) is 0 Å². The molecule has 0 unspecified atom stereocenters. The third-order valence-corrected chi connectivity index (χ3v) is 9.64. The van der Waals surface area contributed by atoms with Crippen molar-refractivity contribution in [2.45, 2.75) is 128 Å². The van der Waals surface area contributed by atoms with Crippen molar-refractivity contribution in [2.75, 3.05) is 26.4 Å². The van der Waals surface area contributed by atoms with Crippen LogP contribution in [-0.4, -0.2) is 153 Å². The van der Waals surface area contributed by atoms with E-state index in [4.69, 9.17) is 56.8 Å². The molecule has 2 amide bonds. The number of hydrogen-bond acceptors (Lipinski definition) is 21. The Morgan fingerprint density at radius 1 is 0.629 bits per heavy atom. The van der Waals surface area contributed by atoms with Gasteiger partial charge in [-0.1, -0.05) is 49.1 Å². The van der Waals surface area contributed by atoms with Crippen LogP contribution >= 0.6 is 0 Å². The number of ether oxygens (including phenoxy) is 12. The number of carbonyl (C=O) groups is 9. The molecule has 2 aliphatic rings. The number of amides is 2. The van der Waals surface area contributed by atoms with Gasteiger partial charge < -0.3 is 67.5 Å². The zero-order valence-electron chi connectivity index (χ0n) is 39.8. The van der Waals surface area contributed by atoms with Crippen molar-refractivity contribution in [1.82, 2.24) is 10.6 Å². The Balaban J connectivity index is 1.93. The van der Waals surface area contributed by atoms with E-state index in [-0.39, 0.29) is 17.7 Å². The standard InChI is InChI=1S/C47H58N2O21/c1-10-21-59-46(58)49-32(43(57)70-47(7,8)9)22-62-44-35(48-25(2)50)38(36(68-42(56)31-19-15-12-16-20-31)34(66-44)24-61-41(55)30-17-13-11-14-18-30)69-45-40(65-29(6)54)39(64-28(5)53)37(63-27(4)52)33(67-45)23-60-26(3)51/h10-20,32-40,44-45H,1,21-24H2,2-9H3,(H,48,50)(H,49,58)/t32-,33+,34+,35+,36-,37-,38+,39-,40+,44-,45-/m0/s1. The van der Waals surface area contributed by atoms with Crippen molar-refractivity contribution in [3.05, 3.63) is 84.4 Å². The molecule has 70 heavy (non-hydrogen) atoms. The van der Waals surface area contributed by atoms with Crippen molar-refractivity contribution in [1.29, 1.82) is 0 Å². The quantitative estimate of drug-likeness (QED) is 0.109. The van der Waals surface area contributed by atoms with Crippen molar-refractivity contribution in [3.63, 3.8) is 0 Å². The summed E-state index contributed by atoms with van der Waals surface area (Å²) in [6.07, 6.45) is -15.5. The second kappa shape index (κ2) is 26.1. The fraction of sp³-hybridized carbons (Fsp3) is 0.511. The monoisotopic (exact) mass is 986 g/mol. The molecule has 4 rings (SSSR count). The Bertz CT molecular complexity index is 2160. The summed E-state index contributed by atoms with van der Waals surface area (Å²) in [5, 5.41) is 4.98. The second-order valence-corrected chi connectivity index (χ2v) is 16.6. The first-order chi connectivity index (χ1) is 33.1. The summed E-state index contributed by atoms with van der Waals surface area (Å²) in [6.45, 7) is 11.0. The SMILES string of the molecule is C=CCOC(=O)N[C@@H](CO[C@H]1O[C@H](COC(=O)c2ccccc2)[C@H](OC(=O)c2ccccc2)[C@H](O[C@@H]2O[C@H](COC(C)=O)[C@H](OC(C)=O)[C@H](OC(C)=O)[C@H]2OC(C)=O)[C@H]1NC(C)=O)C(=O)OC(C)(C)C. The van der Waals surface area contributed by atoms with E-state index in [0.29, 0.717) is 0 Å². The topological polar surface area (TPSA) is 288 Å². The van der Waals surface area contributed by atoms with Gasteiger partial charge in [-0.25, -0.2) is 19.2 Å². The highest BCUT2D eigenvalue weighted by Crippen LogP contribution is 2.35. The molecule has 0 spiro atoms. The molecule has 0 radical (unpaired) electrons. The highest BCUT2D eigenvalue weighted by Gasteiger charge is 2.57. The van der Waals surface area contributed by atoms with Crippen LogP contribution in [0, 0.1) is 0 Å². The van der Waals surface area contributed by atoms with Gasteiger partial charge in [-0.2, -0.15) is 0 Å². The molecule has 0 aromatic heterocycles. The molecule has 23 nitrogen and oxygen atoms in total. The highest BCUT2D eigenvalue weighted by atomic mass is 16.8. The minimum absolute atomic E-state index is 0.0117. The molecular formula is C47H58N2O21. The average molecular weight is 987 g/mol. The van der Waals surface area contributed by atoms with Crippen LogP contribution in [0.2, 0.25) is 0 Å². The minimum atomic E-state index is -1.97. The van der Waals surface area contributed by atoms with Crippen molar-refractivity contribution < 1.29 is 100.0 Å². The lowest BCUT2D eigenvalue weighted by molar-refractivity contribution is -0.346. The Labute approximate surface area is 402 Å². The second-order valence-electron chi connectivity index (χ2n) is 16.6. The van der Waals surface area contributed by atoms with Gasteiger partial charge in [-0.05, 0) is 45.0 Å². The van der Waals surface area contributed by atoms with Crippen LogP contribution in [0.3, 0.4) is 0 Å². The van der Waals surface area contributed by atoms with Crippen LogP contribution in [0.4, 0.5) is 4.79 Å². The van der Waals surface area contributed by atoms with Crippen LogP contribution in [0.1, 0.15) is 76.1 Å². The molecule has 0 aliphatic carbocycles. The van der Waals surface area contributed by atoms with E-state index in [0.717, 1.165) is 34.6 Å². The number of hydrogen-bond donors (Lipinski definition) is 2. The fourth-order valence-electron chi connectivity index (χ4n) is 6.96. The van der Waals surface area contributed by atoms with Crippen molar-refractivity contribution in [2.24, 2.45) is 0 Å². The van der Waals surface area contributed by atoms with Gasteiger partial charge in [-0.15, -0.1) is 0 Å². The van der Waals surface area contributed by atoms with Crippen LogP contribution in [0.15, 0.2) is 73.3 Å². The van der Waals surface area contributed by atoms with Crippen LogP contribution < -0.4 is 10.6 Å². The molecule has 0 saturated carbocycles. The minimum Gasteiger partial charge on any atom is -0.463 e. The molecular weight excluding hydrogens is 929 g/mol. The van der Waals surface area contributed by atoms with Gasteiger partial charge in [-0.3, -0.25) is 24.0 Å². The maximum absolute atomic E-state index is 14.1. The molecule has 23 heteroatoms. The van der Waals surface area contributed by atoms with E-state index in [1.807, 2.05) is 0 Å². The lowest BCUT2D eigenvalue weighted by atomic mass is 9.94. The first kappa shape index (κ1) is 55.6. The van der Waals surface area contributed by atoms with E-state index < -0.39 is 147 Å². The number of benzene rings is 2. The lowest BCUT2D eigenvalue weighted by Crippen LogP contribution is -2.69. The smallest absolute Gasteiger partial charge is 0.408 e. The molecule has 2 aromatic carbocycles. The summed E-state index contributed by atoms with van der Waals surface area (Å²) in [6, 6.07) is 12.1. The normalized spacial score (nSPS) is 24.5. The largest absolute Gasteiger partial charge is 0.463 e. The van der Waals surface area contributed by atoms with E-state index in [9.17, 15) is 43.2 Å². The van der Waals surface area contributed by atoms with Gasteiger partial charge in [0.2, 0.25) is 5.91 Å². The Morgan fingerprint density at radius 2 is 1.14 bits per heavy atom. The molecule has 0 bridgehead atoms. The third-order valence-electron chi connectivity index (χ3n) is 9.64. The Morgan fingerprint density at radius 3 is 1.67 bits per heavy atom. The molecule has 2 aromatic rings. The summed E-state index contributed by atoms with van der Waals surface area (Å²) in [7, 11) is 0. The Hall–Kier alpha value is -6.95. The van der Waals surface area contributed by atoms with Crippen molar-refractivity contribution in [3.8, 4) is 0 Å². The fourth-order valence-corrected chi connectivity index (χ4v) is 6.96. The number of nitrogens with one attached hydrogen (secondary N) is 2. The molecule has 2 fully saturated rings. The molecule has 2 N–H and O–H groups in total. The Kier molecular flexibility index (Phi) is 20.8. The molecule has 2 saturated heterocycles. The third kappa shape index (κ3) is 17.2. The summed E-state index contributed by atoms with van der Waals surface area (Å²) in [4.78, 5) is 117. The van der Waals surface area contributed by atoms with E-state index >= 15 is 0 Å². The zero-order chi connectivity index (χ0) is 51.7. The van der Waals surface area contributed by atoms with E-state index in [2.05, 4.69) is 17.2 Å². The molecule has 382 valence electrons. The van der Waals surface area contributed by atoms with E-state index in [1.54, 1.807) is 57.2 Å². The number of carbonyl (C=O) groups excluding carboxylic acids is 9. The lowest BCUT2D eigenvalue weighted by Gasteiger charge is -2.49. The predicted molar refractivity (Wildman–Crippen MR) is 236 cm³/mol. The average Bonchev–Trinajstić information content (AvgIpc) is 3.28. The van der Waals surface area contributed by atoms with Gasteiger partial charge in [0.15, 0.2) is 43.0 Å². The van der Waals surface area contributed by atoms with Gasteiger partial charge >= 0.3 is 47.9 Å². The summed E-state index contributed by atoms with van der Waals surface area (Å²) in [5.74, 6) is -7.28. The van der Waals surface area contributed by atoms with Gasteiger partial charge in [0.1, 0.15) is 49.8 Å². The molecule has 2 heterocycles. The highest BCUT2D eigenvalue weighted by molar-refractivity contribution is 5.90. The predicted octanol–water partition coefficient (Wildman–Crippen LogP) is 2.41. The first-order valence-corrected chi connectivity index (χ1v) is 21.8. The van der Waals surface area contributed by atoms with Gasteiger partial charge in [0.25, 0.3) is 0 Å². The first-order valence-electron chi connectivity index (χ1n) is 21.8.